The second kappa shape index (κ2) is 8.80. The number of aryl methyl sites for hydroxylation is 1. The third-order valence-electron chi connectivity index (χ3n) is 6.19. The monoisotopic (exact) mass is 433 g/mol. The van der Waals surface area contributed by atoms with E-state index in [2.05, 4.69) is 41.6 Å². The number of allylic oxidation sites excluding steroid dienone is 4. The van der Waals surface area contributed by atoms with Crippen LogP contribution in [-0.2, 0) is 4.79 Å². The van der Waals surface area contributed by atoms with Crippen LogP contribution >= 0.6 is 11.3 Å². The van der Waals surface area contributed by atoms with E-state index >= 15 is 0 Å². The Labute approximate surface area is 188 Å². The second-order valence-corrected chi connectivity index (χ2v) is 9.49. The molecule has 0 amide bonds. The van der Waals surface area contributed by atoms with Crippen molar-refractivity contribution in [3.8, 4) is 0 Å². The molecule has 0 aliphatic heterocycles. The number of nitrogens with one attached hydrogen (secondary N) is 1. The minimum absolute atomic E-state index is 0.0681. The number of rotatable bonds is 6. The average molecular weight is 434 g/mol. The number of thiophene rings is 1. The van der Waals surface area contributed by atoms with Crippen LogP contribution in [0.3, 0.4) is 0 Å². The Balaban J connectivity index is 2.38. The first-order valence-electron chi connectivity index (χ1n) is 10.6. The second-order valence-electron chi connectivity index (χ2n) is 8.58. The Morgan fingerprint density at radius 3 is 2.16 bits per heavy atom. The van der Waals surface area contributed by atoms with E-state index < -0.39 is 0 Å². The lowest BCUT2D eigenvalue weighted by Gasteiger charge is -2.22. The molecule has 162 valence electrons. The Morgan fingerprint density at radius 1 is 0.968 bits per heavy atom. The van der Waals surface area contributed by atoms with Gasteiger partial charge in [-0.3, -0.25) is 9.59 Å². The molecule has 0 saturated carbocycles. The first-order valence-corrected chi connectivity index (χ1v) is 11.5. The van der Waals surface area contributed by atoms with E-state index in [-0.39, 0.29) is 17.5 Å². The molecule has 2 heterocycles. The Hall–Kier alpha value is -2.72. The van der Waals surface area contributed by atoms with Crippen molar-refractivity contribution < 1.29 is 9.59 Å². The molecule has 1 aromatic carbocycles. The average Bonchev–Trinajstić information content (AvgIpc) is 3.22. The molecule has 1 N–H and O–H groups in total. The number of carbonyl (C=O) groups is 2. The van der Waals surface area contributed by atoms with Crippen molar-refractivity contribution in [2.45, 2.75) is 61.3 Å². The summed E-state index contributed by atoms with van der Waals surface area (Å²) in [6, 6.07) is 8.41. The van der Waals surface area contributed by atoms with Gasteiger partial charge in [-0.15, -0.1) is 11.3 Å². The van der Waals surface area contributed by atoms with Gasteiger partial charge in [0, 0.05) is 33.1 Å². The zero-order chi connectivity index (χ0) is 23.0. The summed E-state index contributed by atoms with van der Waals surface area (Å²) in [5, 5.41) is 3.42. The predicted molar refractivity (Wildman–Crippen MR) is 131 cm³/mol. The number of Topliss-reactive ketones (excluding diaryl/α,β-unsaturated/α-hetero) is 2. The summed E-state index contributed by atoms with van der Waals surface area (Å²) in [4.78, 5) is 28.3. The number of benzene rings is 1. The quantitative estimate of drug-likeness (QED) is 0.249. The van der Waals surface area contributed by atoms with Crippen molar-refractivity contribution in [1.82, 2.24) is 4.98 Å². The molecule has 3 rings (SSSR count). The number of ketones is 2. The van der Waals surface area contributed by atoms with Crippen molar-refractivity contribution in [2.75, 3.05) is 0 Å². The van der Waals surface area contributed by atoms with Crippen LogP contribution in [0.2, 0.25) is 0 Å². The number of aromatic amines is 1. The molecule has 4 heteroatoms. The van der Waals surface area contributed by atoms with Crippen molar-refractivity contribution in [3.05, 3.63) is 80.0 Å². The predicted octanol–water partition coefficient (Wildman–Crippen LogP) is 7.44. The van der Waals surface area contributed by atoms with Crippen LogP contribution in [0, 0.1) is 13.8 Å². The fourth-order valence-electron chi connectivity index (χ4n) is 4.82. The van der Waals surface area contributed by atoms with E-state index in [1.807, 2.05) is 34.6 Å². The number of hydrogen-bond donors (Lipinski definition) is 1. The standard InChI is InChI=1S/C27H31NO2S/c1-14(2)24(19(7)29)15(3)16(4)26(22-13-31-23-12-10-9-11-21(22)23)27-17(5)25(20(8)30)18(6)28-27/h9-13,26,28H,1-8H3/b16-15+. The Bertz CT molecular complexity index is 1250. The molecule has 1 unspecified atom stereocenters. The largest absolute Gasteiger partial charge is 0.361 e. The highest BCUT2D eigenvalue weighted by Gasteiger charge is 2.28. The zero-order valence-electron chi connectivity index (χ0n) is 19.7. The van der Waals surface area contributed by atoms with E-state index in [1.54, 1.807) is 25.2 Å². The molecular weight excluding hydrogens is 402 g/mol. The highest BCUT2D eigenvalue weighted by atomic mass is 32.1. The summed E-state index contributed by atoms with van der Waals surface area (Å²) in [5.74, 6) is 0.0738. The highest BCUT2D eigenvalue weighted by molar-refractivity contribution is 7.17. The van der Waals surface area contributed by atoms with Gasteiger partial charge in [0.25, 0.3) is 0 Å². The van der Waals surface area contributed by atoms with Crippen molar-refractivity contribution in [1.29, 1.82) is 0 Å². The first-order chi connectivity index (χ1) is 14.6. The lowest BCUT2D eigenvalue weighted by molar-refractivity contribution is -0.113. The maximum Gasteiger partial charge on any atom is 0.161 e. The Morgan fingerprint density at radius 2 is 1.61 bits per heavy atom. The molecule has 0 spiro atoms. The van der Waals surface area contributed by atoms with Gasteiger partial charge >= 0.3 is 0 Å². The minimum atomic E-state index is -0.0725. The third kappa shape index (κ3) is 4.09. The van der Waals surface area contributed by atoms with Crippen LogP contribution in [0.5, 0.6) is 0 Å². The summed E-state index contributed by atoms with van der Waals surface area (Å²) in [6.45, 7) is 15.4. The van der Waals surface area contributed by atoms with Crippen LogP contribution in [-0.4, -0.2) is 16.6 Å². The third-order valence-corrected chi connectivity index (χ3v) is 7.17. The molecule has 1 atom stereocenters. The van der Waals surface area contributed by atoms with Crippen molar-refractivity contribution >= 4 is 33.0 Å². The first kappa shape index (κ1) is 23.0. The number of carbonyl (C=O) groups excluding carboxylic acids is 2. The maximum absolute atomic E-state index is 12.5. The lowest BCUT2D eigenvalue weighted by Crippen LogP contribution is -2.10. The molecule has 3 nitrogen and oxygen atoms in total. The molecule has 0 radical (unpaired) electrons. The molecule has 31 heavy (non-hydrogen) atoms. The van der Waals surface area contributed by atoms with Gasteiger partial charge in [-0.1, -0.05) is 29.3 Å². The van der Waals surface area contributed by atoms with E-state index in [0.717, 1.165) is 44.8 Å². The highest BCUT2D eigenvalue weighted by Crippen LogP contribution is 2.42. The van der Waals surface area contributed by atoms with Crippen molar-refractivity contribution in [2.24, 2.45) is 0 Å². The van der Waals surface area contributed by atoms with Gasteiger partial charge in [0.2, 0.25) is 0 Å². The normalized spacial score (nSPS) is 13.2. The molecule has 3 aromatic rings. The van der Waals surface area contributed by atoms with Crippen LogP contribution < -0.4 is 0 Å². The van der Waals surface area contributed by atoms with Crippen LogP contribution in [0.1, 0.15) is 80.3 Å². The fraction of sp³-hybridized carbons (Fsp3) is 0.333. The summed E-state index contributed by atoms with van der Waals surface area (Å²) in [5.41, 5.74) is 8.80. The summed E-state index contributed by atoms with van der Waals surface area (Å²) in [6.07, 6.45) is 0. The zero-order valence-corrected chi connectivity index (χ0v) is 20.5. The van der Waals surface area contributed by atoms with Gasteiger partial charge in [0.05, 0.1) is 0 Å². The fourth-order valence-corrected chi connectivity index (χ4v) is 5.81. The van der Waals surface area contributed by atoms with Crippen LogP contribution in [0.4, 0.5) is 0 Å². The van der Waals surface area contributed by atoms with Gasteiger partial charge in [-0.2, -0.15) is 0 Å². The summed E-state index contributed by atoms with van der Waals surface area (Å²) >= 11 is 1.73. The molecular formula is C27H31NO2S. The van der Waals surface area contributed by atoms with Gasteiger partial charge in [0.15, 0.2) is 11.6 Å². The van der Waals surface area contributed by atoms with E-state index in [1.165, 1.54) is 15.6 Å². The molecule has 0 fully saturated rings. The number of fused-ring (bicyclic) bond motifs is 1. The maximum atomic E-state index is 12.5. The van der Waals surface area contributed by atoms with Crippen LogP contribution in [0.15, 0.2) is 51.9 Å². The van der Waals surface area contributed by atoms with E-state index in [4.69, 9.17) is 0 Å². The molecule has 2 aromatic heterocycles. The molecule has 0 aliphatic carbocycles. The van der Waals surface area contributed by atoms with E-state index in [0.29, 0.717) is 0 Å². The molecule has 0 bridgehead atoms. The topological polar surface area (TPSA) is 49.9 Å². The number of H-pyrrole nitrogens is 1. The van der Waals surface area contributed by atoms with Gasteiger partial charge in [-0.05, 0) is 88.9 Å². The van der Waals surface area contributed by atoms with Crippen molar-refractivity contribution in [3.63, 3.8) is 0 Å². The van der Waals surface area contributed by atoms with Gasteiger partial charge in [-0.25, -0.2) is 0 Å². The summed E-state index contributed by atoms with van der Waals surface area (Å²) < 4.78 is 1.23. The molecule has 0 aliphatic rings. The molecule has 0 saturated heterocycles. The summed E-state index contributed by atoms with van der Waals surface area (Å²) in [7, 11) is 0. The lowest BCUT2D eigenvalue weighted by atomic mass is 9.82. The SMILES string of the molecule is CC(=O)C(=C(C)C)/C(C)=C(\C)C(c1[nH]c(C)c(C(C)=O)c1C)c1csc2ccccc12. The van der Waals surface area contributed by atoms with Gasteiger partial charge < -0.3 is 4.98 Å². The van der Waals surface area contributed by atoms with Crippen LogP contribution in [0.25, 0.3) is 10.1 Å². The number of hydrogen-bond acceptors (Lipinski definition) is 3. The smallest absolute Gasteiger partial charge is 0.161 e. The van der Waals surface area contributed by atoms with Gasteiger partial charge in [0.1, 0.15) is 0 Å². The Kier molecular flexibility index (Phi) is 6.51. The minimum Gasteiger partial charge on any atom is -0.361 e. The number of aromatic nitrogens is 1. The van der Waals surface area contributed by atoms with E-state index in [9.17, 15) is 9.59 Å².